The smallest absolute Gasteiger partial charge is 0.242 e. The van der Waals surface area contributed by atoms with Crippen molar-refractivity contribution in [2.45, 2.75) is 26.3 Å². The Hall–Kier alpha value is -2.16. The number of hydrogen-bond donors (Lipinski definition) is 1. The Bertz CT molecular complexity index is 491. The zero-order chi connectivity index (χ0) is 13.8. The highest BCUT2D eigenvalue weighted by atomic mass is 16.2. The normalized spacial score (nSPS) is 19.2. The van der Waals surface area contributed by atoms with Crippen molar-refractivity contribution in [2.24, 2.45) is 5.92 Å². The first-order chi connectivity index (χ1) is 9.11. The molecule has 1 fully saturated rings. The Labute approximate surface area is 112 Å². The molecule has 0 unspecified atom stereocenters. The predicted molar refractivity (Wildman–Crippen MR) is 70.3 cm³/mol. The monoisotopic (exact) mass is 259 g/mol. The zero-order valence-corrected chi connectivity index (χ0v) is 11.1. The van der Waals surface area contributed by atoms with Crippen LogP contribution in [-0.2, 0) is 4.79 Å². The third kappa shape index (κ3) is 2.99. The molecule has 0 saturated carbocycles. The van der Waals surface area contributed by atoms with Crippen molar-refractivity contribution >= 4 is 11.7 Å². The van der Waals surface area contributed by atoms with Crippen molar-refractivity contribution in [3.05, 3.63) is 18.1 Å². The fourth-order valence-corrected chi connectivity index (χ4v) is 2.20. The van der Waals surface area contributed by atoms with Gasteiger partial charge in [0.15, 0.2) is 5.69 Å². The van der Waals surface area contributed by atoms with Crippen LogP contribution in [0.1, 0.15) is 26.0 Å². The third-order valence-electron chi connectivity index (χ3n) is 3.07. The van der Waals surface area contributed by atoms with Crippen LogP contribution in [0.4, 0.5) is 5.82 Å². The van der Waals surface area contributed by atoms with Gasteiger partial charge in [-0.1, -0.05) is 13.8 Å². The number of nitrogens with one attached hydrogen (secondary N) is 1. The summed E-state index contributed by atoms with van der Waals surface area (Å²) in [4.78, 5) is 22.2. The number of aromatic nitrogens is 2. The summed E-state index contributed by atoms with van der Waals surface area (Å²) in [6, 6.07) is 1.73. The van der Waals surface area contributed by atoms with Gasteiger partial charge in [-0.3, -0.25) is 4.79 Å². The van der Waals surface area contributed by atoms with Gasteiger partial charge in [0.1, 0.15) is 17.9 Å². The molecule has 19 heavy (non-hydrogen) atoms. The third-order valence-corrected chi connectivity index (χ3v) is 3.07. The first-order valence-corrected chi connectivity index (χ1v) is 6.38. The molecule has 0 aromatic carbocycles. The van der Waals surface area contributed by atoms with Crippen LogP contribution in [0.25, 0.3) is 0 Å². The fourth-order valence-electron chi connectivity index (χ4n) is 2.20. The van der Waals surface area contributed by atoms with E-state index in [0.29, 0.717) is 24.8 Å². The predicted octanol–water partition coefficient (Wildman–Crippen LogP) is 0.699. The second kappa shape index (κ2) is 5.65. The Morgan fingerprint density at radius 1 is 1.53 bits per heavy atom. The van der Waals surface area contributed by atoms with Crippen molar-refractivity contribution < 1.29 is 4.79 Å². The Kier molecular flexibility index (Phi) is 3.95. The molecule has 0 bridgehead atoms. The number of piperazine rings is 1. The lowest BCUT2D eigenvalue weighted by Crippen LogP contribution is -2.56. The standard InChI is InChI=1S/C13H17N5O/c1-9(2)5-11-13(19)15-3-4-18(11)12-8-16-10(6-14)7-17-12/h7-9,11H,3-5H2,1-2H3,(H,15,19)/t11-/m0/s1. The van der Waals surface area contributed by atoms with Crippen molar-refractivity contribution in [1.29, 1.82) is 5.26 Å². The van der Waals surface area contributed by atoms with Crippen molar-refractivity contribution in [3.63, 3.8) is 0 Å². The number of nitriles is 1. The summed E-state index contributed by atoms with van der Waals surface area (Å²) in [6.45, 7) is 5.49. The van der Waals surface area contributed by atoms with Crippen molar-refractivity contribution in [1.82, 2.24) is 15.3 Å². The molecular weight excluding hydrogens is 242 g/mol. The van der Waals surface area contributed by atoms with Gasteiger partial charge in [-0.2, -0.15) is 5.26 Å². The molecule has 1 saturated heterocycles. The van der Waals surface area contributed by atoms with E-state index in [1.54, 1.807) is 6.20 Å². The van der Waals surface area contributed by atoms with Gasteiger partial charge < -0.3 is 10.2 Å². The van der Waals surface area contributed by atoms with Gasteiger partial charge >= 0.3 is 0 Å². The summed E-state index contributed by atoms with van der Waals surface area (Å²) in [5.41, 5.74) is 0.283. The number of rotatable bonds is 3. The minimum Gasteiger partial charge on any atom is -0.353 e. The van der Waals surface area contributed by atoms with Crippen LogP contribution < -0.4 is 10.2 Å². The molecule has 1 aliphatic rings. The summed E-state index contributed by atoms with van der Waals surface area (Å²) in [5, 5.41) is 11.6. The van der Waals surface area contributed by atoms with Crippen molar-refractivity contribution in [3.8, 4) is 6.07 Å². The highest BCUT2D eigenvalue weighted by molar-refractivity contribution is 5.86. The second-order valence-corrected chi connectivity index (χ2v) is 5.00. The van der Waals surface area contributed by atoms with Crippen LogP contribution in [0.5, 0.6) is 0 Å². The topological polar surface area (TPSA) is 81.9 Å². The molecule has 2 rings (SSSR count). The maximum atomic E-state index is 12.0. The van der Waals surface area contributed by atoms with Gasteiger partial charge in [0, 0.05) is 13.1 Å². The van der Waals surface area contributed by atoms with E-state index in [1.807, 2.05) is 11.0 Å². The van der Waals surface area contributed by atoms with E-state index in [-0.39, 0.29) is 17.6 Å². The van der Waals surface area contributed by atoms with E-state index in [2.05, 4.69) is 29.1 Å². The first kappa shape index (κ1) is 13.3. The molecule has 0 aliphatic carbocycles. The minimum atomic E-state index is -0.212. The van der Waals surface area contributed by atoms with Gasteiger partial charge in [-0.15, -0.1) is 0 Å². The minimum absolute atomic E-state index is 0.0334. The summed E-state index contributed by atoms with van der Waals surface area (Å²) in [7, 11) is 0. The average Bonchev–Trinajstić information content (AvgIpc) is 2.41. The Morgan fingerprint density at radius 3 is 2.89 bits per heavy atom. The molecule has 0 radical (unpaired) electrons. The fraction of sp³-hybridized carbons (Fsp3) is 0.538. The first-order valence-electron chi connectivity index (χ1n) is 6.38. The molecule has 1 aromatic rings. The average molecular weight is 259 g/mol. The molecular formula is C13H17N5O. The Balaban J connectivity index is 2.23. The van der Waals surface area contributed by atoms with E-state index >= 15 is 0 Å². The molecule has 1 atom stereocenters. The molecule has 1 aliphatic heterocycles. The van der Waals surface area contributed by atoms with Crippen molar-refractivity contribution in [2.75, 3.05) is 18.0 Å². The van der Waals surface area contributed by atoms with E-state index in [4.69, 9.17) is 5.26 Å². The number of amides is 1. The molecule has 0 spiro atoms. The van der Waals surface area contributed by atoms with Gasteiger partial charge in [-0.05, 0) is 12.3 Å². The number of carbonyl (C=O) groups is 1. The van der Waals surface area contributed by atoms with Crippen LogP contribution in [0.15, 0.2) is 12.4 Å². The number of carbonyl (C=O) groups excluding carboxylic acids is 1. The van der Waals surface area contributed by atoms with E-state index < -0.39 is 0 Å². The van der Waals surface area contributed by atoms with Gasteiger partial charge in [0.25, 0.3) is 0 Å². The summed E-state index contributed by atoms with van der Waals surface area (Å²) < 4.78 is 0. The molecule has 100 valence electrons. The maximum absolute atomic E-state index is 12.0. The molecule has 2 heterocycles. The van der Waals surface area contributed by atoms with E-state index in [1.165, 1.54) is 6.20 Å². The second-order valence-electron chi connectivity index (χ2n) is 5.00. The largest absolute Gasteiger partial charge is 0.353 e. The van der Waals surface area contributed by atoms with Gasteiger partial charge in [0.05, 0.1) is 12.4 Å². The number of anilines is 1. The molecule has 6 heteroatoms. The molecule has 6 nitrogen and oxygen atoms in total. The van der Waals surface area contributed by atoms with Crippen LogP contribution >= 0.6 is 0 Å². The summed E-state index contributed by atoms with van der Waals surface area (Å²) >= 11 is 0. The lowest BCUT2D eigenvalue weighted by molar-refractivity contribution is -0.123. The lowest BCUT2D eigenvalue weighted by Gasteiger charge is -2.36. The van der Waals surface area contributed by atoms with Crippen LogP contribution in [0, 0.1) is 17.2 Å². The van der Waals surface area contributed by atoms with Crippen LogP contribution in [0.2, 0.25) is 0 Å². The number of nitrogens with zero attached hydrogens (tertiary/aromatic N) is 4. The van der Waals surface area contributed by atoms with Gasteiger partial charge in [0.2, 0.25) is 5.91 Å². The summed E-state index contributed by atoms with van der Waals surface area (Å²) in [6.07, 6.45) is 3.77. The van der Waals surface area contributed by atoms with Crippen LogP contribution in [0.3, 0.4) is 0 Å². The highest BCUT2D eigenvalue weighted by Crippen LogP contribution is 2.20. The Morgan fingerprint density at radius 2 is 2.32 bits per heavy atom. The van der Waals surface area contributed by atoms with Crippen LogP contribution in [-0.4, -0.2) is 35.0 Å². The molecule has 1 N–H and O–H groups in total. The quantitative estimate of drug-likeness (QED) is 0.864. The molecule has 1 amide bonds. The van der Waals surface area contributed by atoms with E-state index in [9.17, 15) is 4.79 Å². The molecule has 1 aromatic heterocycles. The highest BCUT2D eigenvalue weighted by Gasteiger charge is 2.31. The number of hydrogen-bond acceptors (Lipinski definition) is 5. The van der Waals surface area contributed by atoms with E-state index in [0.717, 1.165) is 6.42 Å². The van der Waals surface area contributed by atoms with Gasteiger partial charge in [-0.25, -0.2) is 9.97 Å². The maximum Gasteiger partial charge on any atom is 0.242 e. The zero-order valence-electron chi connectivity index (χ0n) is 11.1. The lowest BCUT2D eigenvalue weighted by atomic mass is 10.00. The SMILES string of the molecule is CC(C)C[C@H]1C(=O)NCCN1c1cnc(C#N)cn1. The summed E-state index contributed by atoms with van der Waals surface area (Å²) in [5.74, 6) is 1.10.